The van der Waals surface area contributed by atoms with Gasteiger partial charge in [0.15, 0.2) is 0 Å². The lowest BCUT2D eigenvalue weighted by Gasteiger charge is -2.21. The van der Waals surface area contributed by atoms with E-state index in [0.717, 1.165) is 5.57 Å². The van der Waals surface area contributed by atoms with E-state index in [1.807, 2.05) is 0 Å². The van der Waals surface area contributed by atoms with Gasteiger partial charge in [0.2, 0.25) is 11.3 Å². The first kappa shape index (κ1) is 14.2. The summed E-state index contributed by atoms with van der Waals surface area (Å²) in [4.78, 5) is 23.0. The van der Waals surface area contributed by atoms with Gasteiger partial charge in [-0.3, -0.25) is 14.9 Å². The molecule has 0 bridgehead atoms. The third-order valence-corrected chi connectivity index (χ3v) is 3.39. The van der Waals surface area contributed by atoms with Crippen LogP contribution >= 0.6 is 0 Å². The number of amides is 2. The van der Waals surface area contributed by atoms with Crippen LogP contribution in [0, 0.1) is 39.4 Å². The highest BCUT2D eigenvalue weighted by molar-refractivity contribution is 6.09. The van der Waals surface area contributed by atoms with Gasteiger partial charge in [0.05, 0.1) is 6.42 Å². The molecule has 102 valence electrons. The fraction of sp³-hybridized carbons (Fsp3) is 0.267. The zero-order valence-electron chi connectivity index (χ0n) is 11.0. The minimum Gasteiger partial charge on any atom is -0.292 e. The van der Waals surface area contributed by atoms with Crippen molar-refractivity contribution in [1.82, 2.24) is 5.32 Å². The summed E-state index contributed by atoms with van der Waals surface area (Å²) in [5.74, 6) is -0.739. The Hall–Kier alpha value is -3.17. The molecule has 0 aromatic heterocycles. The number of hydrogen-bond acceptors (Lipinski definition) is 5. The first-order valence-corrected chi connectivity index (χ1v) is 6.20. The number of rotatable bonds is 2. The molecule has 6 heteroatoms. The van der Waals surface area contributed by atoms with Gasteiger partial charge < -0.3 is 0 Å². The maximum Gasteiger partial charge on any atom is 0.254 e. The standard InChI is InChI=1S/C15H10N4O2/c16-7-15(8-17,9-18)4-3-10-1-2-11-6-13(20)19-14(21)12(11)5-10/h1-3H,4-6H2,(H,19,20,21). The van der Waals surface area contributed by atoms with Gasteiger partial charge in [-0.05, 0) is 11.1 Å². The third kappa shape index (κ3) is 2.73. The van der Waals surface area contributed by atoms with Gasteiger partial charge >= 0.3 is 0 Å². The molecule has 0 saturated carbocycles. The van der Waals surface area contributed by atoms with Crippen molar-refractivity contribution in [3.8, 4) is 18.2 Å². The maximum absolute atomic E-state index is 11.7. The van der Waals surface area contributed by atoms with E-state index in [2.05, 4.69) is 5.32 Å². The first-order chi connectivity index (χ1) is 10.0. The van der Waals surface area contributed by atoms with Crippen molar-refractivity contribution in [3.05, 3.63) is 34.9 Å². The molecule has 0 spiro atoms. The number of nitriles is 3. The van der Waals surface area contributed by atoms with Gasteiger partial charge in [0, 0.05) is 18.4 Å². The van der Waals surface area contributed by atoms with E-state index in [1.165, 1.54) is 0 Å². The molecule has 0 radical (unpaired) electrons. The van der Waals surface area contributed by atoms with E-state index in [9.17, 15) is 9.59 Å². The third-order valence-electron chi connectivity index (χ3n) is 3.39. The Bertz CT molecular complexity index is 699. The number of allylic oxidation sites excluding steroid dienone is 4. The molecule has 1 heterocycles. The highest BCUT2D eigenvalue weighted by Gasteiger charge is 2.30. The largest absolute Gasteiger partial charge is 0.292 e. The molecule has 1 aliphatic carbocycles. The molecule has 0 fully saturated rings. The van der Waals surface area contributed by atoms with Crippen LogP contribution in [0.15, 0.2) is 34.9 Å². The van der Waals surface area contributed by atoms with Gasteiger partial charge in [-0.25, -0.2) is 0 Å². The average Bonchev–Trinajstić information content (AvgIpc) is 2.49. The summed E-state index contributed by atoms with van der Waals surface area (Å²) in [7, 11) is 0. The minimum atomic E-state index is -1.71. The smallest absolute Gasteiger partial charge is 0.254 e. The molecule has 0 aromatic carbocycles. The first-order valence-electron chi connectivity index (χ1n) is 6.20. The number of hydrogen-bond donors (Lipinski definition) is 1. The lowest BCUT2D eigenvalue weighted by atomic mass is 9.85. The van der Waals surface area contributed by atoms with Crippen LogP contribution < -0.4 is 5.32 Å². The molecule has 2 amide bonds. The molecule has 0 unspecified atom stereocenters. The molecule has 1 N–H and O–H groups in total. The van der Waals surface area contributed by atoms with E-state index in [0.29, 0.717) is 17.6 Å². The molecule has 6 nitrogen and oxygen atoms in total. The molecular weight excluding hydrogens is 268 g/mol. The predicted octanol–water partition coefficient (Wildman–Crippen LogP) is 1.16. The molecule has 0 atom stereocenters. The maximum atomic E-state index is 11.7. The van der Waals surface area contributed by atoms with Crippen molar-refractivity contribution in [1.29, 1.82) is 15.8 Å². The summed E-state index contributed by atoms with van der Waals surface area (Å²) < 4.78 is 0. The number of nitrogens with one attached hydrogen (secondary N) is 1. The van der Waals surface area contributed by atoms with Gasteiger partial charge in [0.25, 0.3) is 5.91 Å². The van der Waals surface area contributed by atoms with Crippen molar-refractivity contribution in [2.45, 2.75) is 19.3 Å². The quantitative estimate of drug-likeness (QED) is 0.760. The summed E-state index contributed by atoms with van der Waals surface area (Å²) in [6.45, 7) is 0. The second-order valence-corrected chi connectivity index (χ2v) is 4.79. The van der Waals surface area contributed by atoms with E-state index >= 15 is 0 Å². The van der Waals surface area contributed by atoms with Crippen LogP contribution in [0.4, 0.5) is 0 Å². The number of nitrogens with zero attached hydrogens (tertiary/aromatic N) is 3. The van der Waals surface area contributed by atoms with Crippen molar-refractivity contribution < 1.29 is 9.59 Å². The lowest BCUT2D eigenvalue weighted by Crippen LogP contribution is -2.37. The summed E-state index contributed by atoms with van der Waals surface area (Å²) in [6, 6.07) is 5.10. The van der Waals surface area contributed by atoms with Gasteiger partial charge in [-0.2, -0.15) is 15.8 Å². The zero-order chi connectivity index (χ0) is 15.5. The minimum absolute atomic E-state index is 0.0284. The summed E-state index contributed by atoms with van der Waals surface area (Å²) in [5.41, 5.74) is 0.233. The van der Waals surface area contributed by atoms with E-state index in [1.54, 1.807) is 36.4 Å². The molecule has 0 aromatic rings. The molecule has 21 heavy (non-hydrogen) atoms. The number of imide groups is 1. The number of carbonyl (C=O) groups excluding carboxylic acids is 2. The highest BCUT2D eigenvalue weighted by Crippen LogP contribution is 2.29. The molecule has 1 aliphatic heterocycles. The van der Waals surface area contributed by atoms with Gasteiger partial charge in [-0.1, -0.05) is 18.2 Å². The van der Waals surface area contributed by atoms with Crippen molar-refractivity contribution in [3.63, 3.8) is 0 Å². The lowest BCUT2D eigenvalue weighted by molar-refractivity contribution is -0.129. The Balaban J connectivity index is 2.20. The van der Waals surface area contributed by atoms with E-state index in [4.69, 9.17) is 15.8 Å². The fourth-order valence-corrected chi connectivity index (χ4v) is 2.13. The Morgan fingerprint density at radius 2 is 1.81 bits per heavy atom. The SMILES string of the molecule is N#CC(C#N)(C#N)CC=C1C=CC2=C(C1)C(=O)NC(=O)C2. The second kappa shape index (κ2) is 5.45. The average molecular weight is 278 g/mol. The molecule has 2 rings (SSSR count). The van der Waals surface area contributed by atoms with Crippen molar-refractivity contribution in [2.24, 2.45) is 5.41 Å². The normalized spacial score (nSPS) is 19.4. The number of carbonyl (C=O) groups is 2. The summed E-state index contributed by atoms with van der Waals surface area (Å²) in [6.07, 6.45) is 5.50. The zero-order valence-corrected chi connectivity index (χ0v) is 11.0. The van der Waals surface area contributed by atoms with Crippen LogP contribution in [-0.4, -0.2) is 11.8 Å². The van der Waals surface area contributed by atoms with E-state index in [-0.39, 0.29) is 18.7 Å². The summed E-state index contributed by atoms with van der Waals surface area (Å²) in [5, 5.41) is 29.0. The molecule has 2 aliphatic rings. The molecule has 0 saturated heterocycles. The Labute approximate surface area is 121 Å². The molecular formula is C15H10N4O2. The second-order valence-electron chi connectivity index (χ2n) is 4.79. The van der Waals surface area contributed by atoms with Gasteiger partial charge in [0.1, 0.15) is 18.2 Å². The fourth-order valence-electron chi connectivity index (χ4n) is 2.13. The Kier molecular flexibility index (Phi) is 3.69. The Morgan fingerprint density at radius 1 is 1.14 bits per heavy atom. The summed E-state index contributed by atoms with van der Waals surface area (Å²) >= 11 is 0. The predicted molar refractivity (Wildman–Crippen MR) is 70.5 cm³/mol. The van der Waals surface area contributed by atoms with Gasteiger partial charge in [-0.15, -0.1) is 0 Å². The van der Waals surface area contributed by atoms with Crippen LogP contribution in [0.25, 0.3) is 0 Å². The topological polar surface area (TPSA) is 118 Å². The van der Waals surface area contributed by atoms with Crippen LogP contribution in [-0.2, 0) is 9.59 Å². The highest BCUT2D eigenvalue weighted by atomic mass is 16.2. The van der Waals surface area contributed by atoms with Crippen LogP contribution in [0.5, 0.6) is 0 Å². The van der Waals surface area contributed by atoms with Crippen LogP contribution in [0.2, 0.25) is 0 Å². The van der Waals surface area contributed by atoms with E-state index < -0.39 is 11.3 Å². The Morgan fingerprint density at radius 3 is 2.43 bits per heavy atom. The van der Waals surface area contributed by atoms with Crippen molar-refractivity contribution in [2.75, 3.05) is 0 Å². The van der Waals surface area contributed by atoms with Crippen LogP contribution in [0.3, 0.4) is 0 Å². The monoisotopic (exact) mass is 278 g/mol. The van der Waals surface area contributed by atoms with Crippen molar-refractivity contribution >= 4 is 11.8 Å². The van der Waals surface area contributed by atoms with Crippen LogP contribution in [0.1, 0.15) is 19.3 Å².